The molecule has 2 saturated carbocycles. The molecule has 152 valence electrons. The van der Waals surface area contributed by atoms with E-state index in [0.29, 0.717) is 0 Å². The minimum absolute atomic E-state index is 0.106. The van der Waals surface area contributed by atoms with Crippen molar-refractivity contribution in [3.05, 3.63) is 0 Å². The zero-order valence-corrected chi connectivity index (χ0v) is 21.2. The molecule has 0 radical (unpaired) electrons. The molecule has 0 N–H and O–H groups in total. The van der Waals surface area contributed by atoms with Crippen molar-refractivity contribution in [2.24, 2.45) is 23.7 Å². The average Bonchev–Trinajstić information content (AvgIpc) is 3.05. The van der Waals surface area contributed by atoms with Crippen molar-refractivity contribution >= 4 is 46.2 Å². The van der Waals surface area contributed by atoms with E-state index in [1.807, 2.05) is 0 Å². The van der Waals surface area contributed by atoms with E-state index in [1.165, 1.54) is 0 Å². The van der Waals surface area contributed by atoms with Crippen LogP contribution in [-0.2, 0) is 30.8 Å². The van der Waals surface area contributed by atoms with E-state index >= 15 is 0 Å². The van der Waals surface area contributed by atoms with Gasteiger partial charge in [0.05, 0.1) is 11.8 Å². The van der Waals surface area contributed by atoms with Crippen LogP contribution in [0.5, 0.6) is 0 Å². The van der Waals surface area contributed by atoms with Gasteiger partial charge in [0.25, 0.3) is 0 Å². The zero-order chi connectivity index (χ0) is 20.0. The number of hydrogen-bond acceptors (Lipinski definition) is 7. The van der Waals surface area contributed by atoms with Crippen LogP contribution in [0.25, 0.3) is 0 Å². The van der Waals surface area contributed by atoms with E-state index < -0.39 is 34.2 Å². The Hall–Kier alpha value is -0.152. The van der Waals surface area contributed by atoms with E-state index in [-0.39, 0.29) is 41.2 Å². The van der Waals surface area contributed by atoms with Gasteiger partial charge in [-0.1, -0.05) is 0 Å². The predicted octanol–water partition coefficient (Wildman–Crippen LogP) is 2.97. The molecule has 0 amide bonds. The maximum absolute atomic E-state index is 12.3. The van der Waals surface area contributed by atoms with Gasteiger partial charge in [-0.25, -0.2) is 0 Å². The molecule has 4 rings (SSSR count). The molecule has 4 fully saturated rings. The highest BCUT2D eigenvalue weighted by Crippen LogP contribution is 2.63. The summed E-state index contributed by atoms with van der Waals surface area (Å²) < 4.78 is 31.4. The summed E-state index contributed by atoms with van der Waals surface area (Å²) in [6.07, 6.45) is 1.76. The molecule has 7 nitrogen and oxygen atoms in total. The Labute approximate surface area is 165 Å². The molecule has 11 heteroatoms. The summed E-state index contributed by atoms with van der Waals surface area (Å²) in [7, 11) is -9.94. The second kappa shape index (κ2) is 5.94. The molecule has 0 aromatic heterocycles. The van der Waals surface area contributed by atoms with Crippen molar-refractivity contribution in [1.29, 1.82) is 0 Å². The maximum atomic E-state index is 12.3. The van der Waals surface area contributed by atoms with E-state index in [9.17, 15) is 9.59 Å². The highest BCUT2D eigenvalue weighted by Gasteiger charge is 2.68. The minimum Gasteiger partial charge on any atom is -0.416 e. The Morgan fingerprint density at radius 2 is 1.19 bits per heavy atom. The highest BCUT2D eigenvalue weighted by molar-refractivity contribution is 6.93. The molecule has 2 bridgehead atoms. The highest BCUT2D eigenvalue weighted by atomic mass is 28.5. The first-order valence-corrected chi connectivity index (χ1v) is 20.6. The van der Waals surface area contributed by atoms with Crippen LogP contribution >= 0.6 is 0 Å². The van der Waals surface area contributed by atoms with Crippen LogP contribution in [0.4, 0.5) is 0 Å². The Bertz CT molecular complexity index is 672. The number of ether oxygens (including phenoxy) is 1. The lowest BCUT2D eigenvalue weighted by Crippen LogP contribution is -2.67. The van der Waals surface area contributed by atoms with Crippen LogP contribution in [-0.4, -0.2) is 46.2 Å². The first-order valence-electron chi connectivity index (χ1n) is 9.78. The van der Waals surface area contributed by atoms with E-state index in [0.717, 1.165) is 12.8 Å². The lowest BCUT2D eigenvalue weighted by Gasteiger charge is -2.50. The third-order valence-electron chi connectivity index (χ3n) is 6.30. The van der Waals surface area contributed by atoms with Crippen LogP contribution < -0.4 is 0 Å². The molecular weight excluding hydrogens is 417 g/mol. The number of fused-ring (bicyclic) bond motifs is 5. The van der Waals surface area contributed by atoms with Gasteiger partial charge in [-0.3, -0.25) is 9.59 Å². The smallest absolute Gasteiger partial charge is 0.320 e. The normalized spacial score (nSPS) is 43.7. The maximum Gasteiger partial charge on any atom is 0.320 e. The van der Waals surface area contributed by atoms with E-state index in [4.69, 9.17) is 21.2 Å². The molecule has 2 aliphatic carbocycles. The lowest BCUT2D eigenvalue weighted by molar-refractivity contribution is -0.154. The molecule has 2 aliphatic heterocycles. The minimum atomic E-state index is -2.71. The fraction of sp³-hybridized carbons (Fsp3) is 0.875. The van der Waals surface area contributed by atoms with E-state index in [1.54, 1.807) is 0 Å². The first kappa shape index (κ1) is 20.1. The first-order chi connectivity index (χ1) is 12.2. The largest absolute Gasteiger partial charge is 0.416 e. The number of rotatable bonds is 1. The SMILES string of the molecule is C[Si]1(C)O[Si](C)(C)O[Si](C)(C2CC3CC2C2C(=O)OC(=O)C32)O[Si](C)(C)O1. The average molecular weight is 447 g/mol. The summed E-state index contributed by atoms with van der Waals surface area (Å²) in [6.45, 7) is 14.5. The van der Waals surface area contributed by atoms with Crippen molar-refractivity contribution in [3.8, 4) is 0 Å². The summed E-state index contributed by atoms with van der Waals surface area (Å²) in [5.41, 5.74) is 0.163. The number of hydrogen-bond donors (Lipinski definition) is 0. The summed E-state index contributed by atoms with van der Waals surface area (Å²) in [5, 5.41) is 0. The molecule has 0 aromatic rings. The summed E-state index contributed by atoms with van der Waals surface area (Å²) in [4.78, 5) is 24.4. The van der Waals surface area contributed by atoms with Gasteiger partial charge in [-0.15, -0.1) is 0 Å². The van der Waals surface area contributed by atoms with Crippen molar-refractivity contribution in [2.45, 2.75) is 64.2 Å². The predicted molar refractivity (Wildman–Crippen MR) is 106 cm³/mol. The lowest BCUT2D eigenvalue weighted by atomic mass is 9.81. The Kier molecular flexibility index (Phi) is 4.43. The summed E-state index contributed by atoms with van der Waals surface area (Å²) in [6, 6.07) is 0. The van der Waals surface area contributed by atoms with Gasteiger partial charge in [0, 0.05) is 5.54 Å². The number of carbonyl (C=O) groups is 2. The second-order valence-corrected chi connectivity index (χ2v) is 24.4. The van der Waals surface area contributed by atoms with Gasteiger partial charge < -0.3 is 21.2 Å². The van der Waals surface area contributed by atoms with Gasteiger partial charge in [0.1, 0.15) is 0 Å². The van der Waals surface area contributed by atoms with Gasteiger partial charge in [0.15, 0.2) is 0 Å². The monoisotopic (exact) mass is 446 g/mol. The summed E-state index contributed by atoms with van der Waals surface area (Å²) in [5.74, 6) is -0.932. The standard InChI is InChI=1S/C16H30O7Si4/c1-24(2)20-25(3,4)22-27(7,23-26(5,6)21-24)12-9-10-8-11(12)14-13(10)15(17)19-16(14)18/h10-14H,8-9H2,1-7H3. The molecular formula is C16H30O7Si4. The molecule has 0 spiro atoms. The molecule has 5 atom stereocenters. The van der Waals surface area contributed by atoms with Crippen LogP contribution in [0.1, 0.15) is 12.8 Å². The topological polar surface area (TPSA) is 80.3 Å². The van der Waals surface area contributed by atoms with Crippen molar-refractivity contribution in [2.75, 3.05) is 0 Å². The molecule has 5 unspecified atom stereocenters. The van der Waals surface area contributed by atoms with Gasteiger partial charge >= 0.3 is 46.2 Å². The summed E-state index contributed by atoms with van der Waals surface area (Å²) >= 11 is 0. The van der Waals surface area contributed by atoms with Crippen LogP contribution in [0.2, 0.25) is 51.4 Å². The third-order valence-corrected chi connectivity index (χ3v) is 23.4. The van der Waals surface area contributed by atoms with Crippen LogP contribution in [0.15, 0.2) is 0 Å². The molecule has 4 aliphatic rings. The van der Waals surface area contributed by atoms with Gasteiger partial charge in [-0.05, 0) is 70.5 Å². The molecule has 27 heavy (non-hydrogen) atoms. The second-order valence-electron chi connectivity index (χ2n) is 9.92. The van der Waals surface area contributed by atoms with Crippen LogP contribution in [0, 0.1) is 23.7 Å². The van der Waals surface area contributed by atoms with E-state index in [2.05, 4.69) is 45.8 Å². The fourth-order valence-electron chi connectivity index (χ4n) is 6.25. The zero-order valence-electron chi connectivity index (χ0n) is 17.2. The quantitative estimate of drug-likeness (QED) is 0.348. The third kappa shape index (κ3) is 3.39. The molecule has 0 aromatic carbocycles. The van der Waals surface area contributed by atoms with Crippen molar-refractivity contribution < 1.29 is 30.8 Å². The van der Waals surface area contributed by atoms with Gasteiger partial charge in [-0.2, -0.15) is 0 Å². The van der Waals surface area contributed by atoms with Crippen molar-refractivity contribution in [3.63, 3.8) is 0 Å². The Morgan fingerprint density at radius 3 is 1.74 bits per heavy atom. The number of carbonyl (C=O) groups excluding carboxylic acids is 2. The molecule has 2 saturated heterocycles. The Morgan fingerprint density at radius 1 is 0.704 bits per heavy atom. The van der Waals surface area contributed by atoms with Crippen molar-refractivity contribution in [1.82, 2.24) is 0 Å². The number of esters is 2. The Balaban J connectivity index is 1.66. The fourth-order valence-corrected chi connectivity index (χ4v) is 28.8. The van der Waals surface area contributed by atoms with Crippen LogP contribution in [0.3, 0.4) is 0 Å². The number of cyclic esters (lactones) is 2. The van der Waals surface area contributed by atoms with Gasteiger partial charge in [0.2, 0.25) is 0 Å². The molecule has 2 heterocycles.